The van der Waals surface area contributed by atoms with Crippen LogP contribution < -0.4 is 5.32 Å². The van der Waals surface area contributed by atoms with Crippen LogP contribution in [0.5, 0.6) is 5.75 Å². The molecule has 0 saturated carbocycles. The van der Waals surface area contributed by atoms with Gasteiger partial charge in [0.25, 0.3) is 0 Å². The van der Waals surface area contributed by atoms with Gasteiger partial charge in [-0.1, -0.05) is 47.5 Å². The van der Waals surface area contributed by atoms with Crippen LogP contribution in [0.15, 0.2) is 67.0 Å². The highest BCUT2D eigenvalue weighted by Crippen LogP contribution is 2.41. The zero-order valence-corrected chi connectivity index (χ0v) is 16.5. The maximum atomic E-state index is 11.0. The highest BCUT2D eigenvalue weighted by Gasteiger charge is 2.24. The molecule has 4 nitrogen and oxygen atoms in total. The summed E-state index contributed by atoms with van der Waals surface area (Å²) in [6.07, 6.45) is 3.38. The van der Waals surface area contributed by atoms with Gasteiger partial charge in [-0.15, -0.1) is 0 Å². The van der Waals surface area contributed by atoms with Crippen LogP contribution in [0.2, 0.25) is 10.0 Å². The van der Waals surface area contributed by atoms with Crippen LogP contribution in [0.3, 0.4) is 0 Å². The number of halogens is 2. The molecule has 140 valence electrons. The van der Waals surface area contributed by atoms with Gasteiger partial charge in [0, 0.05) is 39.0 Å². The van der Waals surface area contributed by atoms with E-state index in [9.17, 15) is 5.11 Å². The molecule has 2 aromatic carbocycles. The van der Waals surface area contributed by atoms with Crippen molar-refractivity contribution in [3.8, 4) is 5.75 Å². The van der Waals surface area contributed by atoms with Crippen molar-refractivity contribution in [2.75, 3.05) is 5.32 Å². The molecule has 2 N–H and O–H groups in total. The van der Waals surface area contributed by atoms with E-state index in [-0.39, 0.29) is 5.75 Å². The van der Waals surface area contributed by atoms with Crippen LogP contribution in [-0.2, 0) is 0 Å². The molecule has 0 fully saturated rings. The molecule has 0 aliphatic heterocycles. The lowest BCUT2D eigenvalue weighted by Crippen LogP contribution is -2.15. The van der Waals surface area contributed by atoms with Crippen LogP contribution >= 0.6 is 23.2 Å². The number of pyridine rings is 2. The van der Waals surface area contributed by atoms with E-state index >= 15 is 0 Å². The van der Waals surface area contributed by atoms with E-state index in [4.69, 9.17) is 23.2 Å². The first-order valence-corrected chi connectivity index (χ1v) is 9.50. The maximum Gasteiger partial charge on any atom is 0.147 e. The lowest BCUT2D eigenvalue weighted by Gasteiger charge is -2.24. The molecule has 4 aromatic rings. The van der Waals surface area contributed by atoms with Crippen molar-refractivity contribution in [1.82, 2.24) is 9.97 Å². The van der Waals surface area contributed by atoms with Gasteiger partial charge in [0.05, 0.1) is 6.04 Å². The van der Waals surface area contributed by atoms with Gasteiger partial charge in [0.2, 0.25) is 0 Å². The quantitative estimate of drug-likeness (QED) is 0.424. The minimum atomic E-state index is -0.512. The smallest absolute Gasteiger partial charge is 0.147 e. The van der Waals surface area contributed by atoms with E-state index in [0.717, 1.165) is 10.9 Å². The molecule has 0 aliphatic carbocycles. The number of fused-ring (bicyclic) bond motifs is 1. The Balaban J connectivity index is 1.92. The second-order valence-corrected chi connectivity index (χ2v) is 7.32. The fourth-order valence-corrected chi connectivity index (χ4v) is 3.85. The molecule has 1 atom stereocenters. The van der Waals surface area contributed by atoms with Crippen molar-refractivity contribution >= 4 is 39.9 Å². The first-order valence-electron chi connectivity index (χ1n) is 8.74. The average Bonchev–Trinajstić information content (AvgIpc) is 2.68. The summed E-state index contributed by atoms with van der Waals surface area (Å²) in [5.41, 5.74) is 2.86. The Kier molecular flexibility index (Phi) is 5.07. The van der Waals surface area contributed by atoms with Crippen LogP contribution in [0.1, 0.15) is 22.7 Å². The predicted octanol–water partition coefficient (Wildman–Crippen LogP) is 6.15. The summed E-state index contributed by atoms with van der Waals surface area (Å²) in [5, 5.41) is 16.2. The van der Waals surface area contributed by atoms with Crippen molar-refractivity contribution in [3.63, 3.8) is 0 Å². The van der Waals surface area contributed by atoms with Gasteiger partial charge in [-0.2, -0.15) is 0 Å². The third-order valence-corrected chi connectivity index (χ3v) is 5.25. The summed E-state index contributed by atoms with van der Waals surface area (Å²) in [6, 6.07) is 16.2. The van der Waals surface area contributed by atoms with Gasteiger partial charge in [0.1, 0.15) is 17.1 Å². The normalized spacial score (nSPS) is 12.1. The highest BCUT2D eigenvalue weighted by molar-refractivity contribution is 6.36. The largest absolute Gasteiger partial charge is 0.505 e. The summed E-state index contributed by atoms with van der Waals surface area (Å²) in [5.74, 6) is 0.737. The molecule has 0 spiro atoms. The number of phenols is 1. The monoisotopic (exact) mass is 409 g/mol. The van der Waals surface area contributed by atoms with Crippen LogP contribution in [0.25, 0.3) is 10.9 Å². The van der Waals surface area contributed by atoms with Gasteiger partial charge in [-0.05, 0) is 42.8 Å². The molecule has 0 aliphatic rings. The molecular weight excluding hydrogens is 393 g/mol. The molecule has 0 amide bonds. The summed E-state index contributed by atoms with van der Waals surface area (Å²) in [6.45, 7) is 1.99. The summed E-state index contributed by atoms with van der Waals surface area (Å²) in [7, 11) is 0. The molecule has 28 heavy (non-hydrogen) atoms. The Labute approximate surface area is 172 Å². The minimum Gasteiger partial charge on any atom is -0.505 e. The van der Waals surface area contributed by atoms with Gasteiger partial charge in [-0.3, -0.25) is 4.98 Å². The molecule has 6 heteroatoms. The number of aromatic nitrogens is 2. The van der Waals surface area contributed by atoms with Crippen LogP contribution in [0.4, 0.5) is 5.82 Å². The molecule has 0 bridgehead atoms. The Morgan fingerprint density at radius 3 is 2.46 bits per heavy atom. The van der Waals surface area contributed by atoms with Gasteiger partial charge in [-0.25, -0.2) is 4.98 Å². The van der Waals surface area contributed by atoms with Gasteiger partial charge >= 0.3 is 0 Å². The molecule has 0 saturated heterocycles. The second-order valence-electron chi connectivity index (χ2n) is 6.51. The first-order chi connectivity index (χ1) is 13.5. The number of benzene rings is 2. The average molecular weight is 410 g/mol. The SMILES string of the molecule is Cc1ccnc(N[C@@H](c2ccc3cccnc3c2O)c2c(Cl)cccc2Cl)c1. The zero-order valence-electron chi connectivity index (χ0n) is 15.0. The fourth-order valence-electron chi connectivity index (χ4n) is 3.23. The number of aryl methyl sites for hydroxylation is 1. The summed E-state index contributed by atoms with van der Waals surface area (Å²) in [4.78, 5) is 8.71. The topological polar surface area (TPSA) is 58.0 Å². The molecule has 0 unspecified atom stereocenters. The number of rotatable bonds is 4. The third-order valence-electron chi connectivity index (χ3n) is 4.59. The van der Waals surface area contributed by atoms with Crippen molar-refractivity contribution in [1.29, 1.82) is 0 Å². The lowest BCUT2D eigenvalue weighted by atomic mass is 9.96. The van der Waals surface area contributed by atoms with E-state index < -0.39 is 6.04 Å². The maximum absolute atomic E-state index is 11.0. The second kappa shape index (κ2) is 7.66. The number of hydrogen-bond acceptors (Lipinski definition) is 4. The minimum absolute atomic E-state index is 0.0826. The first kappa shape index (κ1) is 18.5. The lowest BCUT2D eigenvalue weighted by molar-refractivity contribution is 0.471. The number of nitrogens with zero attached hydrogens (tertiary/aromatic N) is 2. The van der Waals surface area contributed by atoms with E-state index in [1.165, 1.54) is 0 Å². The van der Waals surface area contributed by atoms with E-state index in [1.807, 2.05) is 43.3 Å². The van der Waals surface area contributed by atoms with Crippen LogP contribution in [-0.4, -0.2) is 15.1 Å². The van der Waals surface area contributed by atoms with E-state index in [1.54, 1.807) is 30.6 Å². The van der Waals surface area contributed by atoms with Crippen molar-refractivity contribution in [2.45, 2.75) is 13.0 Å². The molecule has 2 heterocycles. The number of phenolic OH excluding ortho intramolecular Hbond substituents is 1. The van der Waals surface area contributed by atoms with Gasteiger partial charge in [0.15, 0.2) is 0 Å². The Bertz CT molecular complexity index is 1140. The zero-order chi connectivity index (χ0) is 19.7. The van der Waals surface area contributed by atoms with Crippen LogP contribution in [0, 0.1) is 6.92 Å². The highest BCUT2D eigenvalue weighted by atomic mass is 35.5. The molecule has 0 radical (unpaired) electrons. The summed E-state index contributed by atoms with van der Waals surface area (Å²) < 4.78 is 0. The third kappa shape index (κ3) is 3.49. The van der Waals surface area contributed by atoms with Crippen molar-refractivity contribution in [2.24, 2.45) is 0 Å². The fraction of sp³-hybridized carbons (Fsp3) is 0.0909. The van der Waals surface area contributed by atoms with Gasteiger partial charge < -0.3 is 10.4 Å². The van der Waals surface area contributed by atoms with E-state index in [2.05, 4.69) is 15.3 Å². The van der Waals surface area contributed by atoms with Crippen molar-refractivity contribution in [3.05, 3.63) is 93.7 Å². The van der Waals surface area contributed by atoms with E-state index in [0.29, 0.717) is 32.5 Å². The van der Waals surface area contributed by atoms with Crippen molar-refractivity contribution < 1.29 is 5.11 Å². The number of anilines is 1. The number of aromatic hydroxyl groups is 1. The standard InChI is InChI=1S/C22H17Cl2N3O/c1-13-9-11-25-18(12-13)27-21(19-16(23)5-2-6-17(19)24)15-8-7-14-4-3-10-26-20(14)22(15)28/h2-12,21,28H,1H3,(H,25,27)/t21-/m0/s1. The molecule has 2 aromatic heterocycles. The number of hydrogen-bond donors (Lipinski definition) is 2. The summed E-state index contributed by atoms with van der Waals surface area (Å²) >= 11 is 13.0. The molecular formula is C22H17Cl2N3O. The Morgan fingerprint density at radius 2 is 1.71 bits per heavy atom. The molecule has 4 rings (SSSR count). The predicted molar refractivity (Wildman–Crippen MR) is 114 cm³/mol. The Morgan fingerprint density at radius 1 is 0.929 bits per heavy atom. The number of nitrogens with one attached hydrogen (secondary N) is 1. The Hall–Kier alpha value is -2.82.